The number of halogens is 2. The molecule has 2 unspecified atom stereocenters. The second-order valence-electron chi connectivity index (χ2n) is 5.68. The fourth-order valence-corrected chi connectivity index (χ4v) is 4.32. The lowest BCUT2D eigenvalue weighted by atomic mass is 10.1. The Balaban J connectivity index is 1.74. The van der Waals surface area contributed by atoms with Gasteiger partial charge in [0.05, 0.1) is 16.0 Å². The van der Waals surface area contributed by atoms with E-state index in [0.29, 0.717) is 21.4 Å². The van der Waals surface area contributed by atoms with Crippen molar-refractivity contribution in [2.45, 2.75) is 5.37 Å². The summed E-state index contributed by atoms with van der Waals surface area (Å²) in [5.74, 6) is -1.30. The lowest BCUT2D eigenvalue weighted by Crippen LogP contribution is -2.45. The second-order valence-corrected chi connectivity index (χ2v) is 8.30. The molecule has 2 aromatic rings. The third kappa shape index (κ3) is 4.28. The first-order chi connectivity index (χ1) is 12.4. The fraction of sp³-hybridized carbons (Fsp3) is 0.188. The van der Waals surface area contributed by atoms with Crippen LogP contribution in [0.15, 0.2) is 48.5 Å². The van der Waals surface area contributed by atoms with Crippen LogP contribution in [0.2, 0.25) is 10.0 Å². The molecule has 2 aromatic carbocycles. The molecule has 3 rings (SSSR count). The van der Waals surface area contributed by atoms with E-state index in [-0.39, 0.29) is 6.54 Å². The van der Waals surface area contributed by atoms with Crippen LogP contribution in [0.5, 0.6) is 0 Å². The van der Waals surface area contributed by atoms with Crippen LogP contribution in [0.1, 0.15) is 0 Å². The Bertz CT molecular complexity index is 909. The molecule has 26 heavy (non-hydrogen) atoms. The summed E-state index contributed by atoms with van der Waals surface area (Å²) >= 11 is 11.8. The number of sulfonamides is 1. The quantitative estimate of drug-likeness (QED) is 0.601. The largest absolute Gasteiger partial charge is 0.326 e. The molecule has 1 aliphatic rings. The second kappa shape index (κ2) is 7.81. The van der Waals surface area contributed by atoms with E-state index in [1.165, 1.54) is 6.07 Å². The maximum absolute atomic E-state index is 12.6. The minimum atomic E-state index is -3.85. The summed E-state index contributed by atoms with van der Waals surface area (Å²) in [6.45, 7) is 0.160. The van der Waals surface area contributed by atoms with Gasteiger partial charge in [0, 0.05) is 17.9 Å². The van der Waals surface area contributed by atoms with Crippen molar-refractivity contribution in [2.75, 3.05) is 16.6 Å². The van der Waals surface area contributed by atoms with Gasteiger partial charge in [0.2, 0.25) is 5.91 Å². The lowest BCUT2D eigenvalue weighted by Gasteiger charge is -2.19. The number of carbonyl (C=O) groups is 1. The third-order valence-electron chi connectivity index (χ3n) is 3.82. The van der Waals surface area contributed by atoms with Crippen molar-refractivity contribution in [1.82, 2.24) is 10.9 Å². The van der Waals surface area contributed by atoms with Gasteiger partial charge in [0.15, 0.2) is 5.37 Å². The van der Waals surface area contributed by atoms with Gasteiger partial charge in [-0.15, -0.1) is 0 Å². The Kier molecular flexibility index (Phi) is 5.69. The highest BCUT2D eigenvalue weighted by atomic mass is 35.5. The number of para-hydroxylation sites is 1. The Morgan fingerprint density at radius 1 is 1.04 bits per heavy atom. The van der Waals surface area contributed by atoms with E-state index in [1.54, 1.807) is 42.5 Å². The van der Waals surface area contributed by atoms with Crippen LogP contribution in [0.4, 0.5) is 11.4 Å². The lowest BCUT2D eigenvalue weighted by molar-refractivity contribution is -0.119. The molecule has 1 amide bonds. The molecular formula is C16H16Cl2N4O3S. The van der Waals surface area contributed by atoms with Gasteiger partial charge < -0.3 is 5.32 Å². The molecular weight excluding hydrogens is 399 g/mol. The van der Waals surface area contributed by atoms with Gasteiger partial charge in [-0.3, -0.25) is 14.9 Å². The van der Waals surface area contributed by atoms with Crippen LogP contribution < -0.4 is 20.9 Å². The molecule has 0 radical (unpaired) electrons. The zero-order chi connectivity index (χ0) is 18.7. The van der Waals surface area contributed by atoms with Crippen LogP contribution in [-0.2, 0) is 14.8 Å². The van der Waals surface area contributed by atoms with E-state index < -0.39 is 27.2 Å². The van der Waals surface area contributed by atoms with Crippen molar-refractivity contribution in [3.63, 3.8) is 0 Å². The average molecular weight is 415 g/mol. The molecule has 2 atom stereocenters. The Morgan fingerprint density at radius 3 is 2.46 bits per heavy atom. The predicted molar refractivity (Wildman–Crippen MR) is 102 cm³/mol. The summed E-state index contributed by atoms with van der Waals surface area (Å²) in [5.41, 5.74) is 6.23. The van der Waals surface area contributed by atoms with Gasteiger partial charge in [-0.1, -0.05) is 41.4 Å². The van der Waals surface area contributed by atoms with Gasteiger partial charge in [-0.05, 0) is 30.3 Å². The van der Waals surface area contributed by atoms with Crippen LogP contribution in [0.3, 0.4) is 0 Å². The van der Waals surface area contributed by atoms with Crippen molar-refractivity contribution in [2.24, 2.45) is 5.92 Å². The number of benzene rings is 2. The smallest absolute Gasteiger partial charge is 0.250 e. The standard InChI is InChI=1S/C16H16Cl2N4O3S/c17-13-7-6-11(8-14(13)18)20-15(23)12-9-19-21-16(12)26(24,25)22-10-4-2-1-3-5-10/h1-8,12,16,19,21-22H,9H2,(H,20,23). The van der Waals surface area contributed by atoms with Gasteiger partial charge in [0.25, 0.3) is 10.0 Å². The molecule has 1 heterocycles. The van der Waals surface area contributed by atoms with E-state index in [2.05, 4.69) is 20.9 Å². The first-order valence-electron chi connectivity index (χ1n) is 7.68. The van der Waals surface area contributed by atoms with E-state index in [0.717, 1.165) is 0 Å². The topological polar surface area (TPSA) is 99.3 Å². The minimum absolute atomic E-state index is 0.160. The number of hydrogen-bond donors (Lipinski definition) is 4. The molecule has 0 aromatic heterocycles. The molecule has 1 aliphatic heterocycles. The molecule has 138 valence electrons. The maximum atomic E-state index is 12.6. The number of carbonyl (C=O) groups excluding carboxylic acids is 1. The molecule has 7 nitrogen and oxygen atoms in total. The van der Waals surface area contributed by atoms with Crippen LogP contribution in [-0.4, -0.2) is 26.2 Å². The van der Waals surface area contributed by atoms with E-state index >= 15 is 0 Å². The van der Waals surface area contributed by atoms with Crippen molar-refractivity contribution in [3.05, 3.63) is 58.6 Å². The third-order valence-corrected chi connectivity index (χ3v) is 6.20. The van der Waals surface area contributed by atoms with Crippen LogP contribution in [0.25, 0.3) is 0 Å². The van der Waals surface area contributed by atoms with E-state index in [9.17, 15) is 13.2 Å². The van der Waals surface area contributed by atoms with Gasteiger partial charge in [-0.2, -0.15) is 0 Å². The van der Waals surface area contributed by atoms with Gasteiger partial charge in [0.1, 0.15) is 0 Å². The van der Waals surface area contributed by atoms with Crippen LogP contribution in [0, 0.1) is 5.92 Å². The highest BCUT2D eigenvalue weighted by Crippen LogP contribution is 2.26. The number of rotatable bonds is 5. The summed E-state index contributed by atoms with van der Waals surface area (Å²) < 4.78 is 27.7. The number of nitrogens with one attached hydrogen (secondary N) is 4. The normalized spacial score (nSPS) is 19.9. The molecule has 0 spiro atoms. The monoisotopic (exact) mass is 414 g/mol. The number of anilines is 2. The first kappa shape index (κ1) is 18.9. The first-order valence-corrected chi connectivity index (χ1v) is 9.98. The van der Waals surface area contributed by atoms with Gasteiger partial charge in [-0.25, -0.2) is 13.8 Å². The van der Waals surface area contributed by atoms with Crippen molar-refractivity contribution < 1.29 is 13.2 Å². The summed E-state index contributed by atoms with van der Waals surface area (Å²) in [5, 5.41) is 2.19. The van der Waals surface area contributed by atoms with Gasteiger partial charge >= 0.3 is 0 Å². The number of hydrazine groups is 1. The molecule has 4 N–H and O–H groups in total. The molecule has 1 fully saturated rings. The Labute approximate surface area is 161 Å². The summed E-state index contributed by atoms with van der Waals surface area (Å²) in [6.07, 6.45) is 0. The van der Waals surface area contributed by atoms with Crippen molar-refractivity contribution in [1.29, 1.82) is 0 Å². The van der Waals surface area contributed by atoms with Crippen molar-refractivity contribution >= 4 is 50.5 Å². The van der Waals surface area contributed by atoms with E-state index in [1.807, 2.05) is 0 Å². The molecule has 0 bridgehead atoms. The zero-order valence-corrected chi connectivity index (χ0v) is 15.7. The maximum Gasteiger partial charge on any atom is 0.250 e. The highest BCUT2D eigenvalue weighted by molar-refractivity contribution is 7.93. The predicted octanol–water partition coefficient (Wildman–Crippen LogP) is 2.42. The fourth-order valence-electron chi connectivity index (χ4n) is 2.54. The Morgan fingerprint density at radius 2 is 1.77 bits per heavy atom. The Hall–Kier alpha value is -1.84. The number of amides is 1. The average Bonchev–Trinajstić information content (AvgIpc) is 3.10. The minimum Gasteiger partial charge on any atom is -0.326 e. The SMILES string of the molecule is O=C(Nc1ccc(Cl)c(Cl)c1)C1CNNC1S(=O)(=O)Nc1ccccc1. The molecule has 10 heteroatoms. The summed E-state index contributed by atoms with van der Waals surface area (Å²) in [4.78, 5) is 12.6. The zero-order valence-electron chi connectivity index (χ0n) is 13.4. The van der Waals surface area contributed by atoms with E-state index in [4.69, 9.17) is 23.2 Å². The molecule has 0 saturated carbocycles. The molecule has 1 saturated heterocycles. The molecule has 0 aliphatic carbocycles. The van der Waals surface area contributed by atoms with Crippen LogP contribution >= 0.6 is 23.2 Å². The van der Waals surface area contributed by atoms with Crippen molar-refractivity contribution in [3.8, 4) is 0 Å². The summed E-state index contributed by atoms with van der Waals surface area (Å²) in [6, 6.07) is 13.1. The number of hydrogen-bond acceptors (Lipinski definition) is 5. The highest BCUT2D eigenvalue weighted by Gasteiger charge is 2.41. The summed E-state index contributed by atoms with van der Waals surface area (Å²) in [7, 11) is -3.85.